The summed E-state index contributed by atoms with van der Waals surface area (Å²) in [6, 6.07) is 14.3. The number of ether oxygens (including phenoxy) is 2. The molecule has 0 bridgehead atoms. The first-order chi connectivity index (χ1) is 32.6. The first kappa shape index (κ1) is 48.3. The molecular weight excluding hydrogens is 861 g/mol. The minimum atomic E-state index is -3.80. The highest BCUT2D eigenvalue weighted by molar-refractivity contribution is 7.90. The molecule has 2 fully saturated rings. The minimum Gasteiger partial charge on any atom is -0.383 e. The number of fused-ring (bicyclic) bond motifs is 2. The fourth-order valence-corrected chi connectivity index (χ4v) is 11.9. The van der Waals surface area contributed by atoms with Crippen LogP contribution in [0.2, 0.25) is 0 Å². The molecule has 14 nitrogen and oxygen atoms in total. The molecule has 7 aromatic rings. The van der Waals surface area contributed by atoms with Gasteiger partial charge in [0.05, 0.1) is 30.5 Å². The molecule has 0 aliphatic heterocycles. The van der Waals surface area contributed by atoms with Crippen molar-refractivity contribution in [3.8, 4) is 22.3 Å². The van der Waals surface area contributed by atoms with Crippen LogP contribution in [0.15, 0.2) is 96.9 Å². The van der Waals surface area contributed by atoms with E-state index in [1.54, 1.807) is 55.6 Å². The summed E-state index contributed by atoms with van der Waals surface area (Å²) in [7, 11) is 3.57. The molecule has 358 valence electrons. The number of hydrogen-bond donors (Lipinski definition) is 1. The first-order valence-corrected chi connectivity index (χ1v) is 25.8. The number of aromatic amines is 1. The number of methoxy groups -OCH3 is 2. The molecule has 0 saturated heterocycles. The van der Waals surface area contributed by atoms with Gasteiger partial charge in [-0.15, -0.1) is 0 Å². The molecule has 1 aromatic carbocycles. The molecule has 0 radical (unpaired) electrons. The van der Waals surface area contributed by atoms with Crippen LogP contribution in [0.5, 0.6) is 0 Å². The smallest absolute Gasteiger partial charge is 0.269 e. The van der Waals surface area contributed by atoms with E-state index in [9.17, 15) is 8.42 Å². The molecule has 6 heterocycles. The van der Waals surface area contributed by atoms with E-state index < -0.39 is 10.0 Å². The second-order valence-electron chi connectivity index (χ2n) is 18.5. The zero-order chi connectivity index (χ0) is 46.9. The lowest BCUT2D eigenvalue weighted by molar-refractivity contribution is 0.0990. The maximum absolute atomic E-state index is 13.6. The maximum Gasteiger partial charge on any atom is 0.269 e. The largest absolute Gasteiger partial charge is 0.383 e. The Balaban J connectivity index is 0.000000188. The van der Waals surface area contributed by atoms with Gasteiger partial charge in [-0.25, -0.2) is 22.4 Å². The van der Waals surface area contributed by atoms with Crippen LogP contribution in [0.4, 0.5) is 0 Å². The van der Waals surface area contributed by atoms with E-state index in [0.717, 1.165) is 92.7 Å². The highest BCUT2D eigenvalue weighted by atomic mass is 32.2. The monoisotopic (exact) mass is 931 g/mol. The number of nitrogens with zero attached hydrogens (tertiary/aromatic N) is 9. The van der Waals surface area contributed by atoms with Crippen LogP contribution in [0.25, 0.3) is 44.3 Å². The second-order valence-corrected chi connectivity index (χ2v) is 20.4. The lowest BCUT2D eigenvalue weighted by Gasteiger charge is -2.37. The van der Waals surface area contributed by atoms with Gasteiger partial charge in [-0.1, -0.05) is 32.0 Å². The van der Waals surface area contributed by atoms with Crippen LogP contribution < -0.4 is 0 Å². The Morgan fingerprint density at radius 1 is 0.657 bits per heavy atom. The zero-order valence-corrected chi connectivity index (χ0v) is 41.2. The summed E-state index contributed by atoms with van der Waals surface area (Å²) in [5.41, 5.74) is 7.96. The number of pyridine rings is 2. The Labute approximate surface area is 396 Å². The Hall–Kier alpha value is -5.19. The molecule has 2 aliphatic carbocycles. The molecule has 0 unspecified atom stereocenters. The molecule has 6 aromatic heterocycles. The minimum absolute atomic E-state index is 0.240. The third kappa shape index (κ3) is 11.1. The van der Waals surface area contributed by atoms with Crippen LogP contribution in [0.1, 0.15) is 101 Å². The van der Waals surface area contributed by atoms with Gasteiger partial charge in [0.15, 0.2) is 5.65 Å². The molecule has 2 saturated carbocycles. The Bertz CT molecular complexity index is 2760. The molecule has 67 heavy (non-hydrogen) atoms. The Morgan fingerprint density at radius 3 is 1.69 bits per heavy atom. The first-order valence-electron chi connectivity index (χ1n) is 24.3. The average Bonchev–Trinajstić information content (AvgIpc) is 4.18. The van der Waals surface area contributed by atoms with Crippen molar-refractivity contribution in [2.24, 2.45) is 14.1 Å². The zero-order valence-electron chi connectivity index (χ0n) is 40.3. The van der Waals surface area contributed by atoms with Gasteiger partial charge in [-0.2, -0.15) is 10.2 Å². The number of nitrogens with one attached hydrogen (secondary N) is 1. The van der Waals surface area contributed by atoms with E-state index in [4.69, 9.17) is 19.4 Å². The van der Waals surface area contributed by atoms with Crippen molar-refractivity contribution in [3.05, 3.63) is 103 Å². The van der Waals surface area contributed by atoms with Gasteiger partial charge in [-0.05, 0) is 125 Å². The highest BCUT2D eigenvalue weighted by Gasteiger charge is 2.30. The summed E-state index contributed by atoms with van der Waals surface area (Å²) < 4.78 is 42.8. The van der Waals surface area contributed by atoms with Crippen molar-refractivity contribution in [1.29, 1.82) is 0 Å². The highest BCUT2D eigenvalue weighted by Crippen LogP contribution is 2.40. The number of H-pyrrole nitrogens is 1. The van der Waals surface area contributed by atoms with Gasteiger partial charge < -0.3 is 14.5 Å². The fourth-order valence-electron chi connectivity index (χ4n) is 10.5. The third-order valence-electron chi connectivity index (χ3n) is 14.1. The summed E-state index contributed by atoms with van der Waals surface area (Å²) in [5, 5.41) is 10.7. The van der Waals surface area contributed by atoms with Crippen LogP contribution in [0, 0.1) is 0 Å². The summed E-state index contributed by atoms with van der Waals surface area (Å²) in [6.07, 6.45) is 27.2. The maximum atomic E-state index is 13.6. The third-order valence-corrected chi connectivity index (χ3v) is 15.7. The lowest BCUT2D eigenvalue weighted by Crippen LogP contribution is -2.40. The number of hydrogen-bond acceptors (Lipinski definition) is 10. The van der Waals surface area contributed by atoms with Gasteiger partial charge in [0.25, 0.3) is 10.0 Å². The van der Waals surface area contributed by atoms with E-state index in [-0.39, 0.29) is 4.90 Å². The molecule has 0 atom stereocenters. The van der Waals surface area contributed by atoms with Crippen molar-refractivity contribution in [2.45, 2.75) is 107 Å². The molecule has 2 aliphatic rings. The van der Waals surface area contributed by atoms with E-state index >= 15 is 0 Å². The molecule has 0 spiro atoms. The van der Waals surface area contributed by atoms with Crippen molar-refractivity contribution in [3.63, 3.8) is 0 Å². The topological polar surface area (TPSA) is 141 Å². The van der Waals surface area contributed by atoms with Gasteiger partial charge >= 0.3 is 0 Å². The van der Waals surface area contributed by atoms with E-state index in [1.165, 1.54) is 64.7 Å². The predicted octanol–water partition coefficient (Wildman–Crippen LogP) is 9.41. The summed E-state index contributed by atoms with van der Waals surface area (Å²) in [5.74, 6) is 1.01. The number of aryl methyl sites for hydroxylation is 2. The van der Waals surface area contributed by atoms with Crippen LogP contribution >= 0.6 is 0 Å². The van der Waals surface area contributed by atoms with E-state index in [1.807, 2.05) is 49.6 Å². The average molecular weight is 931 g/mol. The van der Waals surface area contributed by atoms with Crippen molar-refractivity contribution in [2.75, 3.05) is 53.6 Å². The van der Waals surface area contributed by atoms with Crippen molar-refractivity contribution < 1.29 is 17.9 Å². The molecular formula is C52H70N10O4S. The normalized spacial score (nSPS) is 19.1. The van der Waals surface area contributed by atoms with Gasteiger partial charge in [0.1, 0.15) is 5.65 Å². The van der Waals surface area contributed by atoms with Gasteiger partial charge in [0.2, 0.25) is 0 Å². The number of aromatic nitrogens is 8. The van der Waals surface area contributed by atoms with Crippen molar-refractivity contribution >= 4 is 32.1 Å². The quantitative estimate of drug-likeness (QED) is 0.0885. The van der Waals surface area contributed by atoms with Crippen LogP contribution in [-0.4, -0.2) is 122 Å². The predicted molar refractivity (Wildman–Crippen MR) is 267 cm³/mol. The molecule has 1 N–H and O–H groups in total. The fraction of sp³-hybridized carbons (Fsp3) is 0.500. The number of benzene rings is 1. The van der Waals surface area contributed by atoms with E-state index in [0.29, 0.717) is 29.6 Å². The Kier molecular flexibility index (Phi) is 16.1. The summed E-state index contributed by atoms with van der Waals surface area (Å²) >= 11 is 0. The second kappa shape index (κ2) is 22.3. The van der Waals surface area contributed by atoms with E-state index in [2.05, 4.69) is 63.4 Å². The van der Waals surface area contributed by atoms with Gasteiger partial charge in [0, 0.05) is 124 Å². The van der Waals surface area contributed by atoms with Gasteiger partial charge in [-0.3, -0.25) is 19.2 Å². The summed E-state index contributed by atoms with van der Waals surface area (Å²) in [4.78, 5) is 18.2. The van der Waals surface area contributed by atoms with Crippen molar-refractivity contribution in [1.82, 2.24) is 48.3 Å². The standard InChI is InChI=1S/C29H37N5O3S.C23H33N5O/c1-4-14-33(15-16-37-3)25-12-10-22(11-13-25)23-17-27-28(24-19-31-32(2)20-24)21-34(29(27)30-18-23)38(35,36)26-8-6-5-7-9-26;1-4-9-28(10-11-29-3)20-7-5-17(6-8-20)18-12-21-22(15-25-23(21)24-13-18)19-14-26-27(2)16-19/h5-9,17-22,25H,4,10-16H2,1-3H3;12-17,20H,4-11H2,1-3H3,(H,24,25). The molecule has 0 amide bonds. The number of rotatable bonds is 18. The van der Waals surface area contributed by atoms with Crippen LogP contribution in [-0.2, 0) is 33.6 Å². The SMILES string of the molecule is CCCN(CCOC)C1CCC(c2cnc3[nH]cc(-c4cnn(C)c4)c3c2)CC1.CCCN(CCOC)C1CCC(c2cnc3c(c2)c(-c2cnn(C)c2)cn3S(=O)(=O)c2ccccc2)CC1. The molecule has 15 heteroatoms. The Morgan fingerprint density at radius 2 is 1.18 bits per heavy atom. The lowest BCUT2D eigenvalue weighted by atomic mass is 9.81. The molecule has 9 rings (SSSR count). The van der Waals surface area contributed by atoms with Crippen LogP contribution in [0.3, 0.4) is 0 Å². The summed E-state index contributed by atoms with van der Waals surface area (Å²) in [6.45, 7) is 10.4.